The van der Waals surface area contributed by atoms with Gasteiger partial charge >= 0.3 is 11.5 Å². The second-order valence-electron chi connectivity index (χ2n) is 7.01. The number of carbonyl (C=O) groups excluding carboxylic acids is 1. The highest BCUT2D eigenvalue weighted by molar-refractivity contribution is 5.89. The van der Waals surface area contributed by atoms with Crippen LogP contribution in [-0.2, 0) is 17.9 Å². The first kappa shape index (κ1) is 20.7. The fraction of sp³-hybridized carbons (Fsp3) is 0.150. The van der Waals surface area contributed by atoms with Gasteiger partial charge in [-0.25, -0.2) is 0 Å². The number of hydrogen-bond acceptors (Lipinski definition) is 7. The molecule has 0 aliphatic rings. The van der Waals surface area contributed by atoms with Crippen molar-refractivity contribution >= 4 is 34.0 Å². The maximum atomic E-state index is 12.4. The number of fused-ring (bicyclic) bond motifs is 1. The Morgan fingerprint density at radius 1 is 1.03 bits per heavy atom. The zero-order chi connectivity index (χ0) is 22.8. The van der Waals surface area contributed by atoms with Crippen molar-refractivity contribution in [3.8, 4) is 0 Å². The molecule has 0 spiro atoms. The number of aromatic nitrogens is 4. The van der Waals surface area contributed by atoms with Crippen LogP contribution in [0.5, 0.6) is 0 Å². The fourth-order valence-electron chi connectivity index (χ4n) is 3.45. The van der Waals surface area contributed by atoms with Gasteiger partial charge in [-0.3, -0.25) is 19.6 Å². The molecule has 4 rings (SSSR count). The van der Waals surface area contributed by atoms with Crippen molar-refractivity contribution in [2.75, 3.05) is 5.32 Å². The second-order valence-corrected chi connectivity index (χ2v) is 7.01. The van der Waals surface area contributed by atoms with Crippen LogP contribution < -0.4 is 5.32 Å². The third-order valence-corrected chi connectivity index (χ3v) is 4.93. The number of anilines is 1. The first-order valence-electron chi connectivity index (χ1n) is 9.49. The minimum atomic E-state index is -0.950. The van der Waals surface area contributed by atoms with E-state index in [4.69, 9.17) is 0 Å². The first-order chi connectivity index (χ1) is 15.3. The quantitative estimate of drug-likeness (QED) is 0.346. The van der Waals surface area contributed by atoms with E-state index in [-0.39, 0.29) is 11.5 Å². The number of nitrogens with one attached hydrogen (secondary N) is 1. The molecule has 2 aromatic heterocycles. The maximum absolute atomic E-state index is 12.4. The summed E-state index contributed by atoms with van der Waals surface area (Å²) in [4.78, 5) is 32.7. The molecular weight excluding hydrogens is 418 g/mol. The van der Waals surface area contributed by atoms with Gasteiger partial charge in [-0.15, -0.1) is 0 Å². The summed E-state index contributed by atoms with van der Waals surface area (Å²) in [5.74, 6) is -1.19. The molecule has 0 aliphatic heterocycles. The van der Waals surface area contributed by atoms with E-state index in [0.717, 1.165) is 21.0 Å². The Morgan fingerprint density at radius 2 is 1.78 bits per heavy atom. The number of nitrogens with zero attached hydrogens (tertiary/aromatic N) is 6. The summed E-state index contributed by atoms with van der Waals surface area (Å²) in [5, 5.41) is 34.8. The van der Waals surface area contributed by atoms with Crippen molar-refractivity contribution in [2.45, 2.75) is 20.0 Å². The molecule has 0 atom stereocenters. The Labute approximate surface area is 180 Å². The molecular formula is C20H17N7O5. The highest BCUT2D eigenvalue weighted by Crippen LogP contribution is 2.29. The van der Waals surface area contributed by atoms with Crippen molar-refractivity contribution in [1.82, 2.24) is 19.6 Å². The molecule has 12 heteroatoms. The second kappa shape index (κ2) is 8.26. The SMILES string of the molecule is Cc1c([N+](=O)[O-])c([N+](=O)[O-])nn1CC(=O)Nc1ccn(Cc2cccc3ccccc23)n1. The molecule has 1 N–H and O–H groups in total. The monoisotopic (exact) mass is 435 g/mol. The van der Waals surface area contributed by atoms with Crippen molar-refractivity contribution in [2.24, 2.45) is 0 Å². The van der Waals surface area contributed by atoms with Gasteiger partial charge in [0, 0.05) is 12.3 Å². The summed E-state index contributed by atoms with van der Waals surface area (Å²) in [6.07, 6.45) is 1.71. The average Bonchev–Trinajstić information content (AvgIpc) is 3.32. The molecule has 0 saturated heterocycles. The van der Waals surface area contributed by atoms with Crippen LogP contribution in [0.25, 0.3) is 10.8 Å². The highest BCUT2D eigenvalue weighted by Gasteiger charge is 2.35. The number of hydrogen-bond donors (Lipinski definition) is 1. The molecule has 2 aromatic carbocycles. The lowest BCUT2D eigenvalue weighted by Crippen LogP contribution is -2.20. The van der Waals surface area contributed by atoms with E-state index in [1.165, 1.54) is 6.92 Å². The van der Waals surface area contributed by atoms with E-state index in [1.54, 1.807) is 16.9 Å². The first-order valence-corrected chi connectivity index (χ1v) is 9.49. The predicted molar refractivity (Wildman–Crippen MR) is 114 cm³/mol. The minimum Gasteiger partial charge on any atom is -0.358 e. The lowest BCUT2D eigenvalue weighted by molar-refractivity contribution is -0.424. The summed E-state index contributed by atoms with van der Waals surface area (Å²) in [7, 11) is 0. The highest BCUT2D eigenvalue weighted by atomic mass is 16.6. The van der Waals surface area contributed by atoms with E-state index >= 15 is 0 Å². The molecule has 2 heterocycles. The molecule has 0 unspecified atom stereocenters. The average molecular weight is 435 g/mol. The molecule has 0 aliphatic carbocycles. The Morgan fingerprint density at radius 3 is 2.50 bits per heavy atom. The molecule has 162 valence electrons. The van der Waals surface area contributed by atoms with E-state index in [0.29, 0.717) is 6.54 Å². The Bertz CT molecular complexity index is 1350. The van der Waals surface area contributed by atoms with Crippen LogP contribution in [-0.4, -0.2) is 35.3 Å². The van der Waals surface area contributed by atoms with Crippen LogP contribution in [0.4, 0.5) is 17.3 Å². The zero-order valence-electron chi connectivity index (χ0n) is 16.8. The molecule has 0 radical (unpaired) electrons. The van der Waals surface area contributed by atoms with E-state index in [9.17, 15) is 25.0 Å². The lowest BCUT2D eigenvalue weighted by Gasteiger charge is -2.07. The largest absolute Gasteiger partial charge is 0.468 e. The van der Waals surface area contributed by atoms with Gasteiger partial charge in [0.2, 0.25) is 5.91 Å². The third-order valence-electron chi connectivity index (χ3n) is 4.93. The van der Waals surface area contributed by atoms with E-state index < -0.39 is 33.8 Å². The van der Waals surface area contributed by atoms with Crippen LogP contribution >= 0.6 is 0 Å². The van der Waals surface area contributed by atoms with Crippen molar-refractivity contribution in [1.29, 1.82) is 0 Å². The van der Waals surface area contributed by atoms with Gasteiger partial charge in [0.15, 0.2) is 5.82 Å². The smallest absolute Gasteiger partial charge is 0.358 e. The van der Waals surface area contributed by atoms with Crippen LogP contribution in [0.3, 0.4) is 0 Å². The summed E-state index contributed by atoms with van der Waals surface area (Å²) in [6.45, 7) is 1.36. The van der Waals surface area contributed by atoms with Gasteiger partial charge in [0.1, 0.15) is 12.2 Å². The van der Waals surface area contributed by atoms with E-state index in [2.05, 4.69) is 15.5 Å². The summed E-state index contributed by atoms with van der Waals surface area (Å²) in [6, 6.07) is 15.6. The summed E-state index contributed by atoms with van der Waals surface area (Å²) < 4.78 is 2.60. The van der Waals surface area contributed by atoms with Crippen molar-refractivity contribution < 1.29 is 14.6 Å². The fourth-order valence-corrected chi connectivity index (χ4v) is 3.45. The summed E-state index contributed by atoms with van der Waals surface area (Å²) >= 11 is 0. The number of benzene rings is 2. The number of rotatable bonds is 7. The van der Waals surface area contributed by atoms with Gasteiger partial charge in [-0.1, -0.05) is 42.5 Å². The van der Waals surface area contributed by atoms with Crippen LogP contribution in [0.1, 0.15) is 11.3 Å². The lowest BCUT2D eigenvalue weighted by atomic mass is 10.0. The molecule has 1 amide bonds. The third kappa shape index (κ3) is 4.01. The molecule has 0 saturated carbocycles. The van der Waals surface area contributed by atoms with Gasteiger partial charge in [-0.2, -0.15) is 9.78 Å². The van der Waals surface area contributed by atoms with Crippen LogP contribution in [0.2, 0.25) is 0 Å². The summed E-state index contributed by atoms with van der Waals surface area (Å²) in [5.41, 5.74) is 0.247. The Hall–Kier alpha value is -4.61. The normalized spacial score (nSPS) is 10.9. The molecule has 4 aromatic rings. The minimum absolute atomic E-state index is 0.0849. The maximum Gasteiger partial charge on any atom is 0.468 e. The van der Waals surface area contributed by atoms with Gasteiger partial charge in [0.05, 0.1) is 16.6 Å². The van der Waals surface area contributed by atoms with Gasteiger partial charge in [0.25, 0.3) is 0 Å². The Balaban J connectivity index is 1.47. The van der Waals surface area contributed by atoms with E-state index in [1.807, 2.05) is 42.5 Å². The Kier molecular flexibility index (Phi) is 5.33. The van der Waals surface area contributed by atoms with Crippen LogP contribution in [0.15, 0.2) is 54.7 Å². The van der Waals surface area contributed by atoms with Crippen LogP contribution in [0, 0.1) is 27.2 Å². The zero-order valence-corrected chi connectivity index (χ0v) is 16.8. The molecule has 0 bridgehead atoms. The number of nitro groups is 2. The molecule has 0 fully saturated rings. The molecule has 12 nitrogen and oxygen atoms in total. The standard InChI is InChI=1S/C20H17N7O5/c1-13-19(26(29)30)20(27(31)32)23-25(13)12-18(28)21-17-9-10-24(22-17)11-15-7-4-6-14-5-2-3-8-16(14)15/h2-10H,11-12H2,1H3,(H,21,22,28). The van der Waals surface area contributed by atoms with Gasteiger partial charge < -0.3 is 15.4 Å². The topological polar surface area (TPSA) is 151 Å². The predicted octanol–water partition coefficient (Wildman–Crippen LogP) is 3.04. The van der Waals surface area contributed by atoms with Gasteiger partial charge in [-0.05, 0) is 28.2 Å². The van der Waals surface area contributed by atoms with Crippen molar-refractivity contribution in [3.05, 3.63) is 86.2 Å². The molecule has 32 heavy (non-hydrogen) atoms. The van der Waals surface area contributed by atoms with Crippen molar-refractivity contribution in [3.63, 3.8) is 0 Å². The number of amides is 1. The number of carbonyl (C=O) groups is 1.